The lowest BCUT2D eigenvalue weighted by Crippen LogP contribution is -2.15. The Morgan fingerprint density at radius 2 is 1.69 bits per heavy atom. The van der Waals surface area contributed by atoms with E-state index in [1.54, 1.807) is 30.3 Å². The largest absolute Gasteiger partial charge is 0.488 e. The molecule has 0 saturated heterocycles. The van der Waals surface area contributed by atoms with Gasteiger partial charge in [-0.2, -0.15) is 0 Å². The molecule has 0 amide bonds. The number of benzene rings is 3. The number of hydrogen-bond donors (Lipinski definition) is 1. The lowest BCUT2D eigenvalue weighted by molar-refractivity contribution is -0.481. The van der Waals surface area contributed by atoms with Gasteiger partial charge in [0.25, 0.3) is 0 Å². The minimum absolute atomic E-state index is 0.0444. The standard InChI is InChI=1S/C23H19FN2O3/c24-21-10-4-1-7-16(21)15-29-23-12-6-3-9-18(23)20(14-26(27)28)19-13-25-22-11-5-2-8-17(19)22/h1-13,20,25H,14-15H2/t20-/m0/s1. The Balaban J connectivity index is 1.72. The maximum Gasteiger partial charge on any atom is 0.214 e. The molecular formula is C23H19FN2O3. The predicted molar refractivity (Wildman–Crippen MR) is 109 cm³/mol. The van der Waals surface area contributed by atoms with Gasteiger partial charge in [0, 0.05) is 33.1 Å². The maximum atomic E-state index is 13.9. The molecule has 5 nitrogen and oxygen atoms in total. The minimum atomic E-state index is -0.502. The normalized spacial score (nSPS) is 12.0. The molecule has 1 heterocycles. The number of aromatic amines is 1. The molecule has 1 atom stereocenters. The first kappa shape index (κ1) is 18.7. The third-order valence-electron chi connectivity index (χ3n) is 4.96. The number of nitrogens with one attached hydrogen (secondary N) is 1. The SMILES string of the molecule is O=[N+]([O-])C[C@@H](c1ccccc1OCc1ccccc1F)c1c[nH]c2ccccc12. The minimum Gasteiger partial charge on any atom is -0.488 e. The van der Waals surface area contributed by atoms with Crippen LogP contribution in [0.15, 0.2) is 79.0 Å². The highest BCUT2D eigenvalue weighted by molar-refractivity contribution is 5.84. The monoisotopic (exact) mass is 390 g/mol. The zero-order valence-corrected chi connectivity index (χ0v) is 15.5. The molecule has 0 unspecified atom stereocenters. The number of nitro groups is 1. The summed E-state index contributed by atoms with van der Waals surface area (Å²) in [5, 5.41) is 12.4. The summed E-state index contributed by atoms with van der Waals surface area (Å²) < 4.78 is 19.9. The van der Waals surface area contributed by atoms with Gasteiger partial charge >= 0.3 is 0 Å². The van der Waals surface area contributed by atoms with Crippen LogP contribution in [0.3, 0.4) is 0 Å². The number of nitrogens with zero attached hydrogens (tertiary/aromatic N) is 1. The Morgan fingerprint density at radius 3 is 2.52 bits per heavy atom. The number of halogens is 1. The van der Waals surface area contributed by atoms with Gasteiger partial charge in [-0.15, -0.1) is 0 Å². The van der Waals surface area contributed by atoms with Crippen LogP contribution in [-0.2, 0) is 6.61 Å². The molecule has 0 saturated carbocycles. The van der Waals surface area contributed by atoms with Crippen molar-refractivity contribution < 1.29 is 14.1 Å². The average molecular weight is 390 g/mol. The van der Waals surface area contributed by atoms with Gasteiger partial charge in [-0.3, -0.25) is 10.1 Å². The van der Waals surface area contributed by atoms with Crippen molar-refractivity contribution in [1.29, 1.82) is 0 Å². The van der Waals surface area contributed by atoms with E-state index in [1.807, 2.05) is 42.6 Å². The average Bonchev–Trinajstić information content (AvgIpc) is 3.16. The van der Waals surface area contributed by atoms with E-state index in [0.29, 0.717) is 16.9 Å². The van der Waals surface area contributed by atoms with Crippen LogP contribution < -0.4 is 4.74 Å². The van der Waals surface area contributed by atoms with Gasteiger partial charge in [0.2, 0.25) is 6.54 Å². The molecule has 6 heteroatoms. The van der Waals surface area contributed by atoms with Crippen LogP contribution in [0.25, 0.3) is 10.9 Å². The second-order valence-electron chi connectivity index (χ2n) is 6.78. The second kappa shape index (κ2) is 8.14. The van der Waals surface area contributed by atoms with Crippen LogP contribution in [0.1, 0.15) is 22.6 Å². The van der Waals surface area contributed by atoms with Crippen molar-refractivity contribution in [3.8, 4) is 5.75 Å². The molecule has 4 aromatic rings. The van der Waals surface area contributed by atoms with E-state index in [-0.39, 0.29) is 23.9 Å². The molecule has 1 N–H and O–H groups in total. The third kappa shape index (κ3) is 3.96. The summed E-state index contributed by atoms with van der Waals surface area (Å²) in [5.74, 6) is -0.339. The molecule has 1 aromatic heterocycles. The van der Waals surface area contributed by atoms with E-state index in [0.717, 1.165) is 16.5 Å². The molecule has 0 bridgehead atoms. The summed E-state index contributed by atoms with van der Waals surface area (Å²) in [6.45, 7) is -0.231. The smallest absolute Gasteiger partial charge is 0.214 e. The Kier molecular flexibility index (Phi) is 5.24. The summed E-state index contributed by atoms with van der Waals surface area (Å²) >= 11 is 0. The lowest BCUT2D eigenvalue weighted by atomic mass is 9.90. The van der Waals surface area contributed by atoms with Crippen LogP contribution >= 0.6 is 0 Å². The zero-order valence-electron chi connectivity index (χ0n) is 15.5. The van der Waals surface area contributed by atoms with Crippen LogP contribution in [0.5, 0.6) is 5.75 Å². The molecule has 0 spiro atoms. The molecule has 0 radical (unpaired) electrons. The van der Waals surface area contributed by atoms with Crippen LogP contribution in [-0.4, -0.2) is 16.5 Å². The van der Waals surface area contributed by atoms with Crippen molar-refractivity contribution in [2.24, 2.45) is 0 Å². The number of hydrogen-bond acceptors (Lipinski definition) is 3. The molecular weight excluding hydrogens is 371 g/mol. The number of rotatable bonds is 7. The molecule has 3 aromatic carbocycles. The summed E-state index contributed by atoms with van der Waals surface area (Å²) in [6, 6.07) is 21.3. The Labute approximate surface area is 166 Å². The molecule has 4 rings (SSSR count). The Hall–Kier alpha value is -3.67. The maximum absolute atomic E-state index is 13.9. The third-order valence-corrected chi connectivity index (χ3v) is 4.96. The van der Waals surface area contributed by atoms with Gasteiger partial charge < -0.3 is 9.72 Å². The summed E-state index contributed by atoms with van der Waals surface area (Å²) in [7, 11) is 0. The highest BCUT2D eigenvalue weighted by atomic mass is 19.1. The quantitative estimate of drug-likeness (QED) is 0.344. The van der Waals surface area contributed by atoms with Gasteiger partial charge in [0.05, 0.1) is 5.92 Å². The number of aromatic nitrogens is 1. The number of ether oxygens (including phenoxy) is 1. The number of fused-ring (bicyclic) bond motifs is 1. The van der Waals surface area contributed by atoms with Crippen molar-refractivity contribution in [2.45, 2.75) is 12.5 Å². The van der Waals surface area contributed by atoms with E-state index in [2.05, 4.69) is 4.98 Å². The van der Waals surface area contributed by atoms with Crippen LogP contribution in [0.4, 0.5) is 4.39 Å². The second-order valence-corrected chi connectivity index (χ2v) is 6.78. The zero-order chi connectivity index (χ0) is 20.2. The molecule has 0 aliphatic carbocycles. The van der Waals surface area contributed by atoms with Gasteiger partial charge in [-0.05, 0) is 23.8 Å². The molecule has 29 heavy (non-hydrogen) atoms. The van der Waals surface area contributed by atoms with Gasteiger partial charge in [-0.25, -0.2) is 4.39 Å². The van der Waals surface area contributed by atoms with Crippen molar-refractivity contribution in [3.05, 3.63) is 112 Å². The van der Waals surface area contributed by atoms with E-state index >= 15 is 0 Å². The van der Waals surface area contributed by atoms with E-state index in [1.165, 1.54) is 6.07 Å². The van der Waals surface area contributed by atoms with Gasteiger partial charge in [0.1, 0.15) is 18.2 Å². The number of para-hydroxylation sites is 2. The Bertz CT molecular complexity index is 1160. The van der Waals surface area contributed by atoms with Gasteiger partial charge in [0.15, 0.2) is 0 Å². The molecule has 0 fully saturated rings. The van der Waals surface area contributed by atoms with E-state index < -0.39 is 5.92 Å². The van der Waals surface area contributed by atoms with Crippen LogP contribution in [0, 0.1) is 15.9 Å². The highest BCUT2D eigenvalue weighted by Crippen LogP contribution is 2.36. The summed E-state index contributed by atoms with van der Waals surface area (Å²) in [5.41, 5.74) is 2.88. The first-order valence-electron chi connectivity index (χ1n) is 9.26. The predicted octanol–water partition coefficient (Wildman–Crippen LogP) is 5.29. The number of H-pyrrole nitrogens is 1. The van der Waals surface area contributed by atoms with Crippen molar-refractivity contribution >= 4 is 10.9 Å². The van der Waals surface area contributed by atoms with Gasteiger partial charge in [-0.1, -0.05) is 54.6 Å². The first-order valence-corrected chi connectivity index (χ1v) is 9.26. The highest BCUT2D eigenvalue weighted by Gasteiger charge is 2.26. The van der Waals surface area contributed by atoms with Crippen molar-refractivity contribution in [3.63, 3.8) is 0 Å². The fraction of sp³-hybridized carbons (Fsp3) is 0.130. The fourth-order valence-corrected chi connectivity index (χ4v) is 3.57. The molecule has 146 valence electrons. The topological polar surface area (TPSA) is 68.2 Å². The Morgan fingerprint density at radius 1 is 0.966 bits per heavy atom. The van der Waals surface area contributed by atoms with E-state index in [9.17, 15) is 14.5 Å². The molecule has 0 aliphatic heterocycles. The van der Waals surface area contributed by atoms with Crippen molar-refractivity contribution in [2.75, 3.05) is 6.54 Å². The first-order chi connectivity index (χ1) is 14.1. The summed E-state index contributed by atoms with van der Waals surface area (Å²) in [6.07, 6.45) is 1.81. The molecule has 0 aliphatic rings. The van der Waals surface area contributed by atoms with E-state index in [4.69, 9.17) is 4.74 Å². The fourth-order valence-electron chi connectivity index (χ4n) is 3.57. The van der Waals surface area contributed by atoms with Crippen molar-refractivity contribution in [1.82, 2.24) is 4.98 Å². The lowest BCUT2D eigenvalue weighted by Gasteiger charge is -2.18. The van der Waals surface area contributed by atoms with Crippen LogP contribution in [0.2, 0.25) is 0 Å². The summed E-state index contributed by atoms with van der Waals surface area (Å²) in [4.78, 5) is 14.3.